The van der Waals surface area contributed by atoms with Crippen LogP contribution in [0.1, 0.15) is 12.5 Å². The van der Waals surface area contributed by atoms with Crippen molar-refractivity contribution in [3.05, 3.63) is 46.6 Å². The van der Waals surface area contributed by atoms with Crippen LogP contribution >= 0.6 is 0 Å². The normalized spacial score (nSPS) is 10.5. The summed E-state index contributed by atoms with van der Waals surface area (Å²) >= 11 is 0. The zero-order valence-electron chi connectivity index (χ0n) is 11.6. The SMILES string of the molecule is CCn1ccn(CC(=O)Nc2cc(N)ccc2C)c1=O. The highest BCUT2D eigenvalue weighted by atomic mass is 16.2. The summed E-state index contributed by atoms with van der Waals surface area (Å²) in [6.45, 7) is 4.33. The van der Waals surface area contributed by atoms with Crippen molar-refractivity contribution >= 4 is 17.3 Å². The molecular formula is C14H18N4O2. The van der Waals surface area contributed by atoms with E-state index in [-0.39, 0.29) is 18.1 Å². The topological polar surface area (TPSA) is 82.1 Å². The molecule has 0 saturated heterocycles. The number of carbonyl (C=O) groups excluding carboxylic acids is 1. The Kier molecular flexibility index (Phi) is 3.93. The lowest BCUT2D eigenvalue weighted by Crippen LogP contribution is -2.29. The maximum absolute atomic E-state index is 12.0. The molecule has 0 atom stereocenters. The van der Waals surface area contributed by atoms with Crippen LogP contribution in [-0.4, -0.2) is 15.0 Å². The van der Waals surface area contributed by atoms with Crippen molar-refractivity contribution in [3.8, 4) is 0 Å². The first-order valence-electron chi connectivity index (χ1n) is 6.43. The number of imidazole rings is 1. The lowest BCUT2D eigenvalue weighted by Gasteiger charge is -2.09. The Balaban J connectivity index is 2.11. The number of rotatable bonds is 4. The van der Waals surface area contributed by atoms with Gasteiger partial charge < -0.3 is 11.1 Å². The molecule has 6 heteroatoms. The molecule has 6 nitrogen and oxygen atoms in total. The number of aromatic nitrogens is 2. The van der Waals surface area contributed by atoms with E-state index in [0.29, 0.717) is 17.9 Å². The Bertz CT molecular complexity index is 685. The smallest absolute Gasteiger partial charge is 0.328 e. The van der Waals surface area contributed by atoms with Gasteiger partial charge in [-0.25, -0.2) is 4.79 Å². The fourth-order valence-electron chi connectivity index (χ4n) is 1.93. The minimum absolute atomic E-state index is 0.0138. The maximum atomic E-state index is 12.0. The van der Waals surface area contributed by atoms with E-state index >= 15 is 0 Å². The molecule has 0 fully saturated rings. The van der Waals surface area contributed by atoms with Crippen LogP contribution in [0.3, 0.4) is 0 Å². The lowest BCUT2D eigenvalue weighted by atomic mass is 10.2. The molecule has 0 radical (unpaired) electrons. The van der Waals surface area contributed by atoms with Crippen molar-refractivity contribution < 1.29 is 4.79 Å². The summed E-state index contributed by atoms with van der Waals surface area (Å²) in [5.74, 6) is -0.255. The number of nitrogens with one attached hydrogen (secondary N) is 1. The quantitative estimate of drug-likeness (QED) is 0.822. The van der Waals surface area contributed by atoms with E-state index in [1.54, 1.807) is 29.1 Å². The summed E-state index contributed by atoms with van der Waals surface area (Å²) in [5, 5.41) is 2.77. The van der Waals surface area contributed by atoms with Crippen LogP contribution in [0.2, 0.25) is 0 Å². The Morgan fingerprint density at radius 1 is 1.30 bits per heavy atom. The van der Waals surface area contributed by atoms with Crippen molar-refractivity contribution in [2.24, 2.45) is 0 Å². The van der Waals surface area contributed by atoms with Gasteiger partial charge >= 0.3 is 5.69 Å². The van der Waals surface area contributed by atoms with Crippen LogP contribution in [-0.2, 0) is 17.9 Å². The molecule has 1 amide bonds. The first-order chi connectivity index (χ1) is 9.51. The fraction of sp³-hybridized carbons (Fsp3) is 0.286. The molecule has 0 aliphatic rings. The number of hydrogen-bond acceptors (Lipinski definition) is 3. The van der Waals surface area contributed by atoms with E-state index in [1.165, 1.54) is 4.57 Å². The van der Waals surface area contributed by atoms with Crippen LogP contribution in [0.25, 0.3) is 0 Å². The van der Waals surface area contributed by atoms with Crippen LogP contribution < -0.4 is 16.7 Å². The van der Waals surface area contributed by atoms with Gasteiger partial charge in [-0.1, -0.05) is 6.07 Å². The molecule has 106 valence electrons. The molecule has 1 heterocycles. The molecule has 0 aliphatic carbocycles. The summed E-state index contributed by atoms with van der Waals surface area (Å²) in [6.07, 6.45) is 3.28. The molecular weight excluding hydrogens is 256 g/mol. The van der Waals surface area contributed by atoms with Crippen molar-refractivity contribution in [3.63, 3.8) is 0 Å². The number of nitrogen functional groups attached to an aromatic ring is 1. The number of nitrogens with zero attached hydrogens (tertiary/aromatic N) is 2. The van der Waals surface area contributed by atoms with Crippen molar-refractivity contribution in [1.29, 1.82) is 0 Å². The molecule has 1 aromatic heterocycles. The zero-order chi connectivity index (χ0) is 14.7. The molecule has 0 aliphatic heterocycles. The summed E-state index contributed by atoms with van der Waals surface area (Å²) < 4.78 is 2.92. The number of anilines is 2. The monoisotopic (exact) mass is 274 g/mol. The minimum atomic E-state index is -0.255. The molecule has 3 N–H and O–H groups in total. The average molecular weight is 274 g/mol. The molecule has 0 bridgehead atoms. The highest BCUT2D eigenvalue weighted by molar-refractivity contribution is 5.91. The number of amides is 1. The number of nitrogens with two attached hydrogens (primary N) is 1. The number of benzene rings is 1. The van der Waals surface area contributed by atoms with Gasteiger partial charge in [-0.3, -0.25) is 13.9 Å². The van der Waals surface area contributed by atoms with Gasteiger partial charge in [0.25, 0.3) is 0 Å². The standard InChI is InChI=1S/C14H18N4O2/c1-3-17-6-7-18(14(17)20)9-13(19)16-12-8-11(15)5-4-10(12)2/h4-8H,3,9,15H2,1-2H3,(H,16,19). The van der Waals surface area contributed by atoms with E-state index in [2.05, 4.69) is 5.32 Å². The third kappa shape index (κ3) is 2.90. The van der Waals surface area contributed by atoms with Gasteiger partial charge in [0.15, 0.2) is 0 Å². The Morgan fingerprint density at radius 2 is 2.00 bits per heavy atom. The van der Waals surface area contributed by atoms with E-state index in [0.717, 1.165) is 5.56 Å². The van der Waals surface area contributed by atoms with Gasteiger partial charge in [-0.15, -0.1) is 0 Å². The van der Waals surface area contributed by atoms with Crippen molar-refractivity contribution in [2.45, 2.75) is 26.9 Å². The lowest BCUT2D eigenvalue weighted by molar-refractivity contribution is -0.116. The summed E-state index contributed by atoms with van der Waals surface area (Å²) in [6, 6.07) is 5.31. The molecule has 1 aromatic carbocycles. The van der Waals surface area contributed by atoms with Gasteiger partial charge in [0.1, 0.15) is 6.54 Å². The van der Waals surface area contributed by atoms with Crippen LogP contribution in [0.15, 0.2) is 35.4 Å². The first kappa shape index (κ1) is 13.9. The molecule has 2 aromatic rings. The second kappa shape index (κ2) is 5.64. The first-order valence-corrected chi connectivity index (χ1v) is 6.43. The largest absolute Gasteiger partial charge is 0.399 e. The summed E-state index contributed by atoms with van der Waals surface area (Å²) in [7, 11) is 0. The highest BCUT2D eigenvalue weighted by Gasteiger charge is 2.09. The van der Waals surface area contributed by atoms with E-state index < -0.39 is 0 Å². The van der Waals surface area contributed by atoms with Crippen molar-refractivity contribution in [1.82, 2.24) is 9.13 Å². The molecule has 2 rings (SSSR count). The van der Waals surface area contributed by atoms with E-state index in [1.807, 2.05) is 19.9 Å². The predicted molar refractivity (Wildman–Crippen MR) is 78.6 cm³/mol. The Morgan fingerprint density at radius 3 is 2.65 bits per heavy atom. The molecule has 20 heavy (non-hydrogen) atoms. The van der Waals surface area contributed by atoms with E-state index in [4.69, 9.17) is 5.73 Å². The van der Waals surface area contributed by atoms with Gasteiger partial charge in [0, 0.05) is 30.3 Å². The van der Waals surface area contributed by atoms with E-state index in [9.17, 15) is 9.59 Å². The average Bonchev–Trinajstić information content (AvgIpc) is 2.75. The molecule has 0 unspecified atom stereocenters. The summed E-state index contributed by atoms with van der Waals surface area (Å²) in [4.78, 5) is 23.8. The Labute approximate surface area is 116 Å². The van der Waals surface area contributed by atoms with Crippen LogP contribution in [0.5, 0.6) is 0 Å². The van der Waals surface area contributed by atoms with Gasteiger partial charge in [-0.2, -0.15) is 0 Å². The third-order valence-electron chi connectivity index (χ3n) is 3.11. The highest BCUT2D eigenvalue weighted by Crippen LogP contribution is 2.17. The van der Waals surface area contributed by atoms with Crippen molar-refractivity contribution in [2.75, 3.05) is 11.1 Å². The summed E-state index contributed by atoms with van der Waals surface area (Å²) in [5.41, 5.74) is 7.67. The van der Waals surface area contributed by atoms with Gasteiger partial charge in [0.05, 0.1) is 0 Å². The van der Waals surface area contributed by atoms with Gasteiger partial charge in [-0.05, 0) is 31.5 Å². The zero-order valence-corrected chi connectivity index (χ0v) is 11.6. The van der Waals surface area contributed by atoms with Crippen LogP contribution in [0, 0.1) is 6.92 Å². The third-order valence-corrected chi connectivity index (χ3v) is 3.11. The second-order valence-corrected chi connectivity index (χ2v) is 4.62. The molecule has 0 saturated carbocycles. The number of aryl methyl sites for hydroxylation is 2. The molecule has 0 spiro atoms. The maximum Gasteiger partial charge on any atom is 0.328 e. The number of carbonyl (C=O) groups is 1. The number of hydrogen-bond donors (Lipinski definition) is 2. The predicted octanol–water partition coefficient (Wildman–Crippen LogP) is 1.20. The Hall–Kier alpha value is -2.50. The minimum Gasteiger partial charge on any atom is -0.399 e. The second-order valence-electron chi connectivity index (χ2n) is 4.62. The van der Waals surface area contributed by atoms with Crippen LogP contribution in [0.4, 0.5) is 11.4 Å². The fourth-order valence-corrected chi connectivity index (χ4v) is 1.93. The van der Waals surface area contributed by atoms with Gasteiger partial charge in [0.2, 0.25) is 5.91 Å².